The third-order valence-corrected chi connectivity index (χ3v) is 14.9. The molecule has 4 aliphatic carbocycles. The predicted octanol–water partition coefficient (Wildman–Crippen LogP) is -1.91. The third-order valence-electron chi connectivity index (χ3n) is 14.9. The molecule has 7 rings (SSSR count). The first kappa shape index (κ1) is 41.8. The van der Waals surface area contributed by atoms with Gasteiger partial charge in [0.1, 0.15) is 67.1 Å². The molecule has 1 spiro atoms. The first-order valence-corrected chi connectivity index (χ1v) is 19.7. The molecule has 4 saturated carbocycles. The molecule has 21 atom stereocenters. The zero-order chi connectivity index (χ0) is 40.0. The van der Waals surface area contributed by atoms with Crippen molar-refractivity contribution >= 4 is 5.97 Å². The van der Waals surface area contributed by atoms with E-state index >= 15 is 0 Å². The van der Waals surface area contributed by atoms with Crippen LogP contribution in [0.2, 0.25) is 0 Å². The molecule has 7 aliphatic rings. The first-order valence-electron chi connectivity index (χ1n) is 19.7. The van der Waals surface area contributed by atoms with Crippen LogP contribution in [0.5, 0.6) is 0 Å². The Balaban J connectivity index is 1.10. The van der Waals surface area contributed by atoms with Crippen LogP contribution in [0.15, 0.2) is 12.2 Å². The van der Waals surface area contributed by atoms with Gasteiger partial charge >= 0.3 is 5.97 Å². The summed E-state index contributed by atoms with van der Waals surface area (Å²) in [6.07, 6.45) is -16.2. The molecule has 2 bridgehead atoms. The number of carbonyl (C=O) groups is 1. The van der Waals surface area contributed by atoms with Gasteiger partial charge in [0, 0.05) is 0 Å². The molecule has 0 unspecified atom stereocenters. The van der Waals surface area contributed by atoms with Crippen molar-refractivity contribution in [1.82, 2.24) is 0 Å². The fraction of sp³-hybridized carbons (Fsp3) is 0.921. The predicted molar refractivity (Wildman–Crippen MR) is 185 cm³/mol. The van der Waals surface area contributed by atoms with Crippen LogP contribution in [-0.4, -0.2) is 168 Å². The Kier molecular flexibility index (Phi) is 11.4. The van der Waals surface area contributed by atoms with Crippen molar-refractivity contribution < 1.29 is 84.3 Å². The summed E-state index contributed by atoms with van der Waals surface area (Å²) < 4.78 is 35.8. The van der Waals surface area contributed by atoms with E-state index in [0.29, 0.717) is 38.5 Å². The standard InChI is InChI=1S/C38H60O17/c1-16-12-37-10-6-20-35(3,8-5-9-36(20,4)34(49)54-32-29(48)26(45)23(42)18(13-39)51-32)21(37)7-11-38(16,15-37)55-33-30(27(46)24(43)19(14-40)52-33)53-31-28(47)25(44)22(41)17(2)50-31/h17-33,39-48H,1,5-15H2,2-4H3/t17-,18-,19-,20+,21+,22-,23-,24-,25+,26+,27+,28-,29-,30-,31+,32+,33+,35-,36-,37-,38+/m1/s1. The second-order valence-electron chi connectivity index (χ2n) is 18.0. The van der Waals surface area contributed by atoms with Crippen LogP contribution in [0.25, 0.3) is 0 Å². The van der Waals surface area contributed by atoms with Crippen molar-refractivity contribution in [2.75, 3.05) is 13.2 Å². The number of ether oxygens (including phenoxy) is 6. The van der Waals surface area contributed by atoms with E-state index < -0.39 is 122 Å². The van der Waals surface area contributed by atoms with Crippen LogP contribution >= 0.6 is 0 Å². The van der Waals surface area contributed by atoms with Gasteiger partial charge in [0.25, 0.3) is 0 Å². The molecule has 3 aliphatic heterocycles. The largest absolute Gasteiger partial charge is 0.432 e. The van der Waals surface area contributed by atoms with Gasteiger partial charge in [-0.3, -0.25) is 4.79 Å². The molecule has 55 heavy (non-hydrogen) atoms. The van der Waals surface area contributed by atoms with Gasteiger partial charge < -0.3 is 79.5 Å². The molecule has 17 heteroatoms. The quantitative estimate of drug-likeness (QED) is 0.0730. The topological polar surface area (TPSA) is 275 Å². The van der Waals surface area contributed by atoms with Crippen LogP contribution in [-0.2, 0) is 33.2 Å². The van der Waals surface area contributed by atoms with Crippen LogP contribution in [0.3, 0.4) is 0 Å². The van der Waals surface area contributed by atoms with Crippen molar-refractivity contribution in [1.29, 1.82) is 0 Å². The van der Waals surface area contributed by atoms with E-state index in [2.05, 4.69) is 13.5 Å². The van der Waals surface area contributed by atoms with E-state index in [0.717, 1.165) is 24.8 Å². The molecule has 314 valence electrons. The van der Waals surface area contributed by atoms with Crippen LogP contribution in [0.4, 0.5) is 0 Å². The smallest absolute Gasteiger partial charge is 0.314 e. The summed E-state index contributed by atoms with van der Waals surface area (Å²) in [7, 11) is 0. The van der Waals surface area contributed by atoms with Crippen LogP contribution in [0, 0.1) is 28.1 Å². The minimum atomic E-state index is -1.70. The molecule has 0 radical (unpaired) electrons. The average Bonchev–Trinajstić information content (AvgIpc) is 3.35. The second-order valence-corrected chi connectivity index (χ2v) is 18.0. The maximum Gasteiger partial charge on any atom is 0.314 e. The zero-order valence-corrected chi connectivity index (χ0v) is 31.6. The van der Waals surface area contributed by atoms with Gasteiger partial charge in [-0.25, -0.2) is 0 Å². The fourth-order valence-electron chi connectivity index (χ4n) is 12.0. The number of carbonyl (C=O) groups excluding carboxylic acids is 1. The highest BCUT2D eigenvalue weighted by molar-refractivity contribution is 5.77. The monoisotopic (exact) mass is 788 g/mol. The van der Waals surface area contributed by atoms with E-state index in [-0.39, 0.29) is 22.7 Å². The Morgan fingerprint density at radius 2 is 1.33 bits per heavy atom. The number of hydrogen-bond acceptors (Lipinski definition) is 17. The summed E-state index contributed by atoms with van der Waals surface area (Å²) in [6, 6.07) is 0. The summed E-state index contributed by atoms with van der Waals surface area (Å²) in [5, 5.41) is 104. The Bertz CT molecular complexity index is 1430. The van der Waals surface area contributed by atoms with E-state index in [1.807, 2.05) is 6.92 Å². The fourth-order valence-corrected chi connectivity index (χ4v) is 12.0. The lowest BCUT2D eigenvalue weighted by Gasteiger charge is -2.64. The van der Waals surface area contributed by atoms with Crippen molar-refractivity contribution in [2.45, 2.75) is 176 Å². The van der Waals surface area contributed by atoms with Crippen LogP contribution in [0.1, 0.15) is 78.6 Å². The SMILES string of the molecule is C=C1C[C@@]23CC[C@H]4[C@@](C)(CCC[C@@]4(C)C(=O)O[C@@H]4O[C@H](CO)[C@@H](O)[C@H](O)[C@H]4O)[C@@H]2CC[C@]1(O[C@@H]1O[C@H](CO)[C@@H](O)[C@H](O)[C@H]1O[C@@H]1O[C@H](C)[C@@H](O)[C@H](O)[C@H]1O)C3. The highest BCUT2D eigenvalue weighted by Crippen LogP contribution is 2.73. The van der Waals surface area contributed by atoms with Gasteiger partial charge in [-0.15, -0.1) is 0 Å². The number of rotatable bonds is 8. The Morgan fingerprint density at radius 1 is 0.727 bits per heavy atom. The Labute approximate surface area is 319 Å². The van der Waals surface area contributed by atoms with Crippen molar-refractivity contribution in [3.63, 3.8) is 0 Å². The zero-order valence-electron chi connectivity index (χ0n) is 31.6. The number of aliphatic hydroxyl groups is 10. The Morgan fingerprint density at radius 3 is 2.00 bits per heavy atom. The molecule has 0 amide bonds. The van der Waals surface area contributed by atoms with Gasteiger partial charge in [-0.1, -0.05) is 19.9 Å². The highest BCUT2D eigenvalue weighted by Gasteiger charge is 2.69. The summed E-state index contributed by atoms with van der Waals surface area (Å²) in [4.78, 5) is 14.1. The van der Waals surface area contributed by atoms with Gasteiger partial charge in [-0.05, 0) is 93.5 Å². The lowest BCUT2D eigenvalue weighted by atomic mass is 9.41. The molecule has 10 N–H and O–H groups in total. The molecular formula is C38H60O17. The van der Waals surface area contributed by atoms with Gasteiger partial charge in [0.2, 0.25) is 6.29 Å². The summed E-state index contributed by atoms with van der Waals surface area (Å²) in [5.41, 5.74) is -1.66. The van der Waals surface area contributed by atoms with Gasteiger partial charge in [0.15, 0.2) is 12.6 Å². The first-order chi connectivity index (χ1) is 25.9. The summed E-state index contributed by atoms with van der Waals surface area (Å²) in [5.74, 6) is -0.536. The summed E-state index contributed by atoms with van der Waals surface area (Å²) in [6.45, 7) is 8.81. The van der Waals surface area contributed by atoms with Gasteiger partial charge in [-0.2, -0.15) is 0 Å². The third kappa shape index (κ3) is 6.63. The average molecular weight is 789 g/mol. The number of hydrogen-bond donors (Lipinski definition) is 10. The molecule has 0 aromatic rings. The van der Waals surface area contributed by atoms with E-state index in [1.54, 1.807) is 0 Å². The minimum absolute atomic E-state index is 0.108. The molecular weight excluding hydrogens is 728 g/mol. The van der Waals surface area contributed by atoms with Crippen molar-refractivity contribution in [3.05, 3.63) is 12.2 Å². The minimum Gasteiger partial charge on any atom is -0.432 e. The molecule has 17 nitrogen and oxygen atoms in total. The Hall–Kier alpha value is -1.39. The number of fused-ring (bicyclic) bond motifs is 3. The normalized spacial score (nSPS) is 55.4. The van der Waals surface area contributed by atoms with E-state index in [9.17, 15) is 55.9 Å². The highest BCUT2D eigenvalue weighted by atomic mass is 16.8. The maximum absolute atomic E-state index is 14.1. The summed E-state index contributed by atoms with van der Waals surface area (Å²) >= 11 is 0. The number of esters is 1. The molecule has 3 saturated heterocycles. The van der Waals surface area contributed by atoms with E-state index in [4.69, 9.17) is 28.4 Å². The van der Waals surface area contributed by atoms with Crippen LogP contribution < -0.4 is 0 Å². The molecule has 3 heterocycles. The van der Waals surface area contributed by atoms with Crippen molar-refractivity contribution in [3.8, 4) is 0 Å². The molecule has 0 aromatic heterocycles. The van der Waals surface area contributed by atoms with E-state index in [1.165, 1.54) is 6.92 Å². The van der Waals surface area contributed by atoms with Crippen molar-refractivity contribution in [2.24, 2.45) is 28.1 Å². The maximum atomic E-state index is 14.1. The second kappa shape index (κ2) is 15.0. The molecule has 0 aromatic carbocycles. The molecule has 7 fully saturated rings. The lowest BCUT2D eigenvalue weighted by Crippen LogP contribution is -2.65. The van der Waals surface area contributed by atoms with Gasteiger partial charge in [0.05, 0.1) is 30.3 Å². The number of aliphatic hydroxyl groups excluding tert-OH is 10. The lowest BCUT2D eigenvalue weighted by molar-refractivity contribution is -0.376.